The Balaban J connectivity index is 1.30. The zero-order valence-corrected chi connectivity index (χ0v) is 18.8. The molecule has 0 aliphatic carbocycles. The number of nitrogens with one attached hydrogen (secondary N) is 1. The molecule has 2 heterocycles. The average molecular weight is 457 g/mol. The summed E-state index contributed by atoms with van der Waals surface area (Å²) in [6.07, 6.45) is 2.17. The van der Waals surface area contributed by atoms with E-state index in [1.54, 1.807) is 47.4 Å². The van der Waals surface area contributed by atoms with Crippen molar-refractivity contribution in [1.82, 2.24) is 14.7 Å². The van der Waals surface area contributed by atoms with Gasteiger partial charge in [-0.3, -0.25) is 19.2 Å². The molecule has 170 valence electrons. The number of likely N-dealkylation sites (tertiary alicyclic amines) is 1. The second-order valence-electron chi connectivity index (χ2n) is 8.15. The number of nitrogens with zero attached hydrogens (tertiary/aromatic N) is 3. The maximum Gasteiger partial charge on any atom is 0.261 e. The Labute approximate surface area is 188 Å². The Morgan fingerprint density at radius 1 is 0.781 bits per heavy atom. The molecular formula is C23H28N4O4S. The fraction of sp³-hybridized carbons (Fsp3) is 0.391. The molecule has 0 spiro atoms. The van der Waals surface area contributed by atoms with Gasteiger partial charge in [-0.05, 0) is 49.2 Å². The molecule has 1 N–H and O–H groups in total. The molecule has 2 aromatic carbocycles. The molecular weight excluding hydrogens is 428 g/mol. The zero-order valence-electron chi connectivity index (χ0n) is 17.9. The van der Waals surface area contributed by atoms with Gasteiger partial charge in [0.1, 0.15) is 0 Å². The fourth-order valence-corrected chi connectivity index (χ4v) is 5.12. The van der Waals surface area contributed by atoms with E-state index in [-0.39, 0.29) is 16.7 Å². The van der Waals surface area contributed by atoms with Crippen LogP contribution in [-0.4, -0.2) is 80.7 Å². The van der Waals surface area contributed by atoms with Gasteiger partial charge in [-0.1, -0.05) is 18.2 Å². The predicted octanol–water partition coefficient (Wildman–Crippen LogP) is 1.87. The molecule has 2 amide bonds. The van der Waals surface area contributed by atoms with Crippen LogP contribution < -0.4 is 4.72 Å². The van der Waals surface area contributed by atoms with Gasteiger partial charge < -0.3 is 9.80 Å². The second kappa shape index (κ2) is 9.70. The van der Waals surface area contributed by atoms with Crippen LogP contribution >= 0.6 is 0 Å². The van der Waals surface area contributed by atoms with Crippen LogP contribution in [0.1, 0.15) is 23.2 Å². The maximum absolute atomic E-state index is 12.8. The van der Waals surface area contributed by atoms with Crippen LogP contribution in [0.3, 0.4) is 0 Å². The van der Waals surface area contributed by atoms with E-state index in [4.69, 9.17) is 0 Å². The number of rotatable bonds is 6. The monoisotopic (exact) mass is 456 g/mol. The van der Waals surface area contributed by atoms with Gasteiger partial charge in [0.05, 0.1) is 11.4 Å². The molecule has 0 aromatic heterocycles. The summed E-state index contributed by atoms with van der Waals surface area (Å²) in [6, 6.07) is 14.6. The number of carbonyl (C=O) groups is 2. The molecule has 0 bridgehead atoms. The van der Waals surface area contributed by atoms with Crippen molar-refractivity contribution in [3.63, 3.8) is 0 Å². The molecule has 8 nitrogen and oxygen atoms in total. The molecule has 9 heteroatoms. The van der Waals surface area contributed by atoms with Crippen molar-refractivity contribution in [3.8, 4) is 0 Å². The number of benzene rings is 2. The van der Waals surface area contributed by atoms with Gasteiger partial charge in [0, 0.05) is 50.5 Å². The molecule has 4 rings (SSSR count). The van der Waals surface area contributed by atoms with Gasteiger partial charge in [0.2, 0.25) is 5.91 Å². The normalized spacial score (nSPS) is 17.4. The summed E-state index contributed by atoms with van der Waals surface area (Å²) in [7, 11) is -3.67. The topological polar surface area (TPSA) is 90.0 Å². The van der Waals surface area contributed by atoms with Crippen LogP contribution in [0.25, 0.3) is 0 Å². The van der Waals surface area contributed by atoms with Crippen molar-refractivity contribution in [1.29, 1.82) is 0 Å². The van der Waals surface area contributed by atoms with Crippen molar-refractivity contribution < 1.29 is 18.0 Å². The van der Waals surface area contributed by atoms with Crippen LogP contribution in [0.4, 0.5) is 5.69 Å². The summed E-state index contributed by atoms with van der Waals surface area (Å²) in [5, 5.41) is 0. The van der Waals surface area contributed by atoms with Gasteiger partial charge in [-0.2, -0.15) is 0 Å². The second-order valence-corrected chi connectivity index (χ2v) is 9.83. The quantitative estimate of drug-likeness (QED) is 0.717. The van der Waals surface area contributed by atoms with Crippen LogP contribution in [0.15, 0.2) is 59.5 Å². The minimum atomic E-state index is -3.67. The standard InChI is InChI=1S/C23H28N4O4S/c28-22(26-12-4-5-13-26)18-25-14-16-27(17-15-25)23(29)19-8-10-20(11-9-19)24-32(30,31)21-6-2-1-3-7-21/h1-3,6-11,24H,4-5,12-18H2. The third kappa shape index (κ3) is 5.28. The van der Waals surface area contributed by atoms with Gasteiger partial charge in [-0.15, -0.1) is 0 Å². The van der Waals surface area contributed by atoms with Crippen LogP contribution in [0, 0.1) is 0 Å². The van der Waals surface area contributed by atoms with Gasteiger partial charge in [0.15, 0.2) is 0 Å². The van der Waals surface area contributed by atoms with Crippen LogP contribution in [-0.2, 0) is 14.8 Å². The first kappa shape index (κ1) is 22.3. The van der Waals surface area contributed by atoms with Crippen molar-refractivity contribution in [3.05, 3.63) is 60.2 Å². The Bertz CT molecular complexity index is 1040. The van der Waals surface area contributed by atoms with Crippen molar-refractivity contribution in [2.45, 2.75) is 17.7 Å². The van der Waals surface area contributed by atoms with Crippen molar-refractivity contribution in [2.75, 3.05) is 50.5 Å². The number of hydrogen-bond donors (Lipinski definition) is 1. The van der Waals surface area contributed by atoms with E-state index < -0.39 is 10.0 Å². The molecule has 2 aromatic rings. The molecule has 2 saturated heterocycles. The minimum absolute atomic E-state index is 0.0898. The molecule has 2 fully saturated rings. The summed E-state index contributed by atoms with van der Waals surface area (Å²) >= 11 is 0. The lowest BCUT2D eigenvalue weighted by Crippen LogP contribution is -2.51. The molecule has 0 atom stereocenters. The van der Waals surface area contributed by atoms with E-state index in [9.17, 15) is 18.0 Å². The number of piperazine rings is 1. The molecule has 0 saturated carbocycles. The van der Waals surface area contributed by atoms with Crippen molar-refractivity contribution in [2.24, 2.45) is 0 Å². The number of carbonyl (C=O) groups excluding carboxylic acids is 2. The summed E-state index contributed by atoms with van der Waals surface area (Å²) in [6.45, 7) is 4.59. The molecule has 2 aliphatic rings. The van der Waals surface area contributed by atoms with Crippen LogP contribution in [0.2, 0.25) is 0 Å². The third-order valence-corrected chi connectivity index (χ3v) is 7.31. The van der Waals surface area contributed by atoms with Gasteiger partial charge >= 0.3 is 0 Å². The highest BCUT2D eigenvalue weighted by molar-refractivity contribution is 7.92. The number of sulfonamides is 1. The maximum atomic E-state index is 12.8. The third-order valence-electron chi connectivity index (χ3n) is 5.91. The van der Waals surface area contributed by atoms with E-state index in [2.05, 4.69) is 9.62 Å². The Morgan fingerprint density at radius 3 is 2.03 bits per heavy atom. The van der Waals surface area contributed by atoms with E-state index in [1.807, 2.05) is 4.90 Å². The summed E-state index contributed by atoms with van der Waals surface area (Å²) < 4.78 is 27.4. The minimum Gasteiger partial charge on any atom is -0.342 e. The summed E-state index contributed by atoms with van der Waals surface area (Å²) in [5.74, 6) is 0.0869. The first-order chi connectivity index (χ1) is 15.4. The lowest BCUT2D eigenvalue weighted by molar-refractivity contribution is -0.131. The molecule has 0 unspecified atom stereocenters. The van der Waals surface area contributed by atoms with Gasteiger partial charge in [-0.25, -0.2) is 8.42 Å². The zero-order chi connectivity index (χ0) is 22.6. The highest BCUT2D eigenvalue weighted by atomic mass is 32.2. The first-order valence-corrected chi connectivity index (χ1v) is 12.4. The Hall–Kier alpha value is -2.91. The Kier molecular flexibility index (Phi) is 6.76. The number of amides is 2. The van der Waals surface area contributed by atoms with E-state index in [0.29, 0.717) is 44.0 Å². The number of anilines is 1. The number of hydrogen-bond acceptors (Lipinski definition) is 5. The highest BCUT2D eigenvalue weighted by Gasteiger charge is 2.26. The van der Waals surface area contributed by atoms with E-state index in [0.717, 1.165) is 25.9 Å². The van der Waals surface area contributed by atoms with E-state index in [1.165, 1.54) is 12.1 Å². The average Bonchev–Trinajstić information content (AvgIpc) is 3.35. The van der Waals surface area contributed by atoms with Crippen LogP contribution in [0.5, 0.6) is 0 Å². The molecule has 32 heavy (non-hydrogen) atoms. The lowest BCUT2D eigenvalue weighted by atomic mass is 10.1. The SMILES string of the molecule is O=C(CN1CCN(C(=O)c2ccc(NS(=O)(=O)c3ccccc3)cc2)CC1)N1CCCC1. The highest BCUT2D eigenvalue weighted by Crippen LogP contribution is 2.18. The Morgan fingerprint density at radius 2 is 1.41 bits per heavy atom. The van der Waals surface area contributed by atoms with Gasteiger partial charge in [0.25, 0.3) is 15.9 Å². The molecule has 0 radical (unpaired) electrons. The van der Waals surface area contributed by atoms with Crippen molar-refractivity contribution >= 4 is 27.5 Å². The smallest absolute Gasteiger partial charge is 0.261 e. The predicted molar refractivity (Wildman–Crippen MR) is 122 cm³/mol. The largest absolute Gasteiger partial charge is 0.342 e. The lowest BCUT2D eigenvalue weighted by Gasteiger charge is -2.35. The first-order valence-electron chi connectivity index (χ1n) is 10.9. The fourth-order valence-electron chi connectivity index (χ4n) is 4.04. The summed E-state index contributed by atoms with van der Waals surface area (Å²) in [5.41, 5.74) is 0.907. The molecule has 2 aliphatic heterocycles. The summed E-state index contributed by atoms with van der Waals surface area (Å²) in [4.78, 5) is 31.2. The van der Waals surface area contributed by atoms with E-state index >= 15 is 0 Å².